The molecule has 0 unspecified atom stereocenters. The van der Waals surface area contributed by atoms with Gasteiger partial charge < -0.3 is 15.0 Å². The Morgan fingerprint density at radius 2 is 1.75 bits per heavy atom. The van der Waals surface area contributed by atoms with Gasteiger partial charge in [-0.3, -0.25) is 9.59 Å². The molecule has 0 radical (unpaired) electrons. The molecule has 0 aliphatic carbocycles. The predicted octanol–water partition coefficient (Wildman–Crippen LogP) is 2.71. The second kappa shape index (κ2) is 10.2. The lowest BCUT2D eigenvalue weighted by atomic mass is 10.1. The van der Waals surface area contributed by atoms with Crippen molar-refractivity contribution in [3.63, 3.8) is 0 Å². The van der Waals surface area contributed by atoms with Crippen LogP contribution in [0.1, 0.15) is 29.8 Å². The summed E-state index contributed by atoms with van der Waals surface area (Å²) in [4.78, 5) is 37.8. The van der Waals surface area contributed by atoms with Gasteiger partial charge in [0.25, 0.3) is 0 Å². The zero-order valence-electron chi connectivity index (χ0n) is 15.9. The van der Waals surface area contributed by atoms with Gasteiger partial charge in [0.15, 0.2) is 0 Å². The van der Waals surface area contributed by atoms with E-state index in [2.05, 4.69) is 5.32 Å². The molecule has 2 aromatic rings. The van der Waals surface area contributed by atoms with E-state index in [4.69, 9.17) is 4.74 Å². The summed E-state index contributed by atoms with van der Waals surface area (Å²) in [6, 6.07) is 12.5. The molecule has 0 spiro atoms. The molecule has 0 atom stereocenters. The quantitative estimate of drug-likeness (QED) is 0.708. The highest BCUT2D eigenvalue weighted by atomic mass is 19.1. The molecule has 0 aromatic heterocycles. The molecule has 28 heavy (non-hydrogen) atoms. The van der Waals surface area contributed by atoms with Crippen LogP contribution in [0, 0.1) is 5.82 Å². The maximum absolute atomic E-state index is 12.9. The highest BCUT2D eigenvalue weighted by Gasteiger charge is 2.22. The number of para-hydroxylation sites is 1. The van der Waals surface area contributed by atoms with Gasteiger partial charge in [0, 0.05) is 13.5 Å². The van der Waals surface area contributed by atoms with Crippen molar-refractivity contribution in [2.75, 3.05) is 24.6 Å². The number of amides is 2. The highest BCUT2D eigenvalue weighted by Crippen LogP contribution is 2.21. The molecule has 0 bridgehead atoms. The summed E-state index contributed by atoms with van der Waals surface area (Å²) < 4.78 is 17.9. The lowest BCUT2D eigenvalue weighted by Crippen LogP contribution is -2.41. The highest BCUT2D eigenvalue weighted by molar-refractivity contribution is 6.04. The third kappa shape index (κ3) is 5.90. The Morgan fingerprint density at radius 3 is 2.39 bits per heavy atom. The number of nitrogens with zero attached hydrogens (tertiary/aromatic N) is 1. The van der Waals surface area contributed by atoms with Crippen LogP contribution >= 0.6 is 0 Å². The van der Waals surface area contributed by atoms with E-state index >= 15 is 0 Å². The van der Waals surface area contributed by atoms with Gasteiger partial charge in [-0.15, -0.1) is 0 Å². The van der Waals surface area contributed by atoms with Gasteiger partial charge >= 0.3 is 5.97 Å². The fourth-order valence-corrected chi connectivity index (χ4v) is 2.65. The van der Waals surface area contributed by atoms with Crippen LogP contribution in [-0.2, 0) is 20.7 Å². The van der Waals surface area contributed by atoms with Crippen molar-refractivity contribution in [1.29, 1.82) is 0 Å². The number of carbonyl (C=O) groups is 3. The first-order valence-corrected chi connectivity index (χ1v) is 8.97. The first-order chi connectivity index (χ1) is 13.4. The molecule has 2 rings (SSSR count). The van der Waals surface area contributed by atoms with Crippen molar-refractivity contribution in [3.8, 4) is 0 Å². The zero-order chi connectivity index (χ0) is 20.5. The molecule has 6 nitrogen and oxygen atoms in total. The minimum absolute atomic E-state index is 0.205. The summed E-state index contributed by atoms with van der Waals surface area (Å²) in [7, 11) is 0. The minimum Gasteiger partial charge on any atom is -0.462 e. The SMILES string of the molecule is CCOC(=O)c1ccccc1N(CC(=O)NCCc1ccc(F)cc1)C(C)=O. The van der Waals surface area contributed by atoms with Crippen molar-refractivity contribution >= 4 is 23.5 Å². The third-order valence-electron chi connectivity index (χ3n) is 4.02. The van der Waals surface area contributed by atoms with Gasteiger partial charge in [-0.25, -0.2) is 9.18 Å². The topological polar surface area (TPSA) is 75.7 Å². The largest absolute Gasteiger partial charge is 0.462 e. The number of hydrogen-bond donors (Lipinski definition) is 1. The van der Waals surface area contributed by atoms with Gasteiger partial charge in [-0.05, 0) is 43.2 Å². The van der Waals surface area contributed by atoms with Crippen LogP contribution in [0.3, 0.4) is 0 Å². The maximum atomic E-state index is 12.9. The van der Waals surface area contributed by atoms with Crippen LogP contribution in [0.2, 0.25) is 0 Å². The fraction of sp³-hybridized carbons (Fsp3) is 0.286. The number of hydrogen-bond acceptors (Lipinski definition) is 4. The minimum atomic E-state index is -0.555. The normalized spacial score (nSPS) is 10.2. The van der Waals surface area contributed by atoms with Crippen molar-refractivity contribution in [2.24, 2.45) is 0 Å². The molecule has 0 saturated heterocycles. The van der Waals surface area contributed by atoms with Gasteiger partial charge in [0.05, 0.1) is 17.9 Å². The van der Waals surface area contributed by atoms with E-state index in [1.165, 1.54) is 24.0 Å². The summed E-state index contributed by atoms with van der Waals surface area (Å²) >= 11 is 0. The molecule has 0 saturated carbocycles. The van der Waals surface area contributed by atoms with Gasteiger partial charge in [-0.2, -0.15) is 0 Å². The molecule has 0 aliphatic rings. The van der Waals surface area contributed by atoms with Crippen LogP contribution in [0.5, 0.6) is 0 Å². The molecule has 2 aromatic carbocycles. The van der Waals surface area contributed by atoms with E-state index in [0.29, 0.717) is 18.7 Å². The fourth-order valence-electron chi connectivity index (χ4n) is 2.65. The van der Waals surface area contributed by atoms with Crippen LogP contribution in [-0.4, -0.2) is 37.5 Å². The molecule has 0 heterocycles. The summed E-state index contributed by atoms with van der Waals surface area (Å²) in [5.41, 5.74) is 1.43. The number of halogens is 1. The van der Waals surface area contributed by atoms with Crippen LogP contribution in [0.4, 0.5) is 10.1 Å². The zero-order valence-corrected chi connectivity index (χ0v) is 15.9. The van der Waals surface area contributed by atoms with Gasteiger partial charge in [0.1, 0.15) is 12.4 Å². The first kappa shape index (κ1) is 21.1. The average molecular weight is 386 g/mol. The molecular formula is C21H23FN2O4. The molecule has 2 amide bonds. The molecule has 1 N–H and O–H groups in total. The van der Waals surface area contributed by atoms with E-state index in [-0.39, 0.29) is 36.3 Å². The van der Waals surface area contributed by atoms with Gasteiger partial charge in [-0.1, -0.05) is 24.3 Å². The summed E-state index contributed by atoms with van der Waals surface area (Å²) in [6.45, 7) is 3.34. The van der Waals surface area contributed by atoms with Crippen molar-refractivity contribution in [1.82, 2.24) is 5.32 Å². The number of carbonyl (C=O) groups excluding carboxylic acids is 3. The lowest BCUT2D eigenvalue weighted by molar-refractivity contribution is -0.123. The summed E-state index contributed by atoms with van der Waals surface area (Å²) in [6.07, 6.45) is 0.533. The number of benzene rings is 2. The Morgan fingerprint density at radius 1 is 1.07 bits per heavy atom. The number of ether oxygens (including phenoxy) is 1. The number of anilines is 1. The summed E-state index contributed by atoms with van der Waals surface area (Å²) in [5.74, 6) is -1.60. The molecular weight excluding hydrogens is 363 g/mol. The van der Waals surface area contributed by atoms with E-state index in [9.17, 15) is 18.8 Å². The number of rotatable bonds is 8. The van der Waals surface area contributed by atoms with Crippen LogP contribution in [0.25, 0.3) is 0 Å². The van der Waals surface area contributed by atoms with Crippen molar-refractivity contribution in [3.05, 3.63) is 65.5 Å². The van der Waals surface area contributed by atoms with E-state index in [1.54, 1.807) is 43.3 Å². The molecule has 0 aliphatic heterocycles. The van der Waals surface area contributed by atoms with Crippen LogP contribution in [0.15, 0.2) is 48.5 Å². The van der Waals surface area contributed by atoms with Crippen LogP contribution < -0.4 is 10.2 Å². The Labute approximate surface area is 163 Å². The third-order valence-corrected chi connectivity index (χ3v) is 4.02. The monoisotopic (exact) mass is 386 g/mol. The Kier molecular flexibility index (Phi) is 7.68. The predicted molar refractivity (Wildman–Crippen MR) is 104 cm³/mol. The number of nitrogens with one attached hydrogen (secondary N) is 1. The van der Waals surface area contributed by atoms with E-state index < -0.39 is 5.97 Å². The standard InChI is InChI=1S/C21H23FN2O4/c1-3-28-21(27)18-6-4-5-7-19(18)24(15(2)25)14-20(26)23-13-12-16-8-10-17(22)11-9-16/h4-11H,3,12-14H2,1-2H3,(H,23,26). The van der Waals surface area contributed by atoms with E-state index in [0.717, 1.165) is 5.56 Å². The smallest absolute Gasteiger partial charge is 0.340 e. The maximum Gasteiger partial charge on any atom is 0.340 e. The van der Waals surface area contributed by atoms with Crippen molar-refractivity contribution < 1.29 is 23.5 Å². The Hall–Kier alpha value is -3.22. The van der Waals surface area contributed by atoms with E-state index in [1.807, 2.05) is 0 Å². The second-order valence-corrected chi connectivity index (χ2v) is 6.07. The summed E-state index contributed by atoms with van der Waals surface area (Å²) in [5, 5.41) is 2.73. The number of esters is 1. The second-order valence-electron chi connectivity index (χ2n) is 6.07. The first-order valence-electron chi connectivity index (χ1n) is 8.97. The average Bonchev–Trinajstić information content (AvgIpc) is 2.67. The molecule has 7 heteroatoms. The lowest BCUT2D eigenvalue weighted by Gasteiger charge is -2.23. The van der Waals surface area contributed by atoms with Crippen molar-refractivity contribution in [2.45, 2.75) is 20.3 Å². The molecule has 0 fully saturated rings. The van der Waals surface area contributed by atoms with Gasteiger partial charge in [0.2, 0.25) is 11.8 Å². The Balaban J connectivity index is 2.02. The molecule has 148 valence electrons. The Bertz CT molecular complexity index is 837.